The van der Waals surface area contributed by atoms with Gasteiger partial charge in [0.25, 0.3) is 5.91 Å². The molecule has 0 spiro atoms. The van der Waals surface area contributed by atoms with Gasteiger partial charge < -0.3 is 5.32 Å². The van der Waals surface area contributed by atoms with E-state index in [0.29, 0.717) is 11.3 Å². The molecule has 1 amide bonds. The smallest absolute Gasteiger partial charge is 0.308 e. The summed E-state index contributed by atoms with van der Waals surface area (Å²) in [5.41, 5.74) is 5.51. The second kappa shape index (κ2) is 6.48. The zero-order valence-electron chi connectivity index (χ0n) is 15.1. The third-order valence-electron chi connectivity index (χ3n) is 4.47. The lowest BCUT2D eigenvalue weighted by atomic mass is 10.0. The van der Waals surface area contributed by atoms with Gasteiger partial charge in [-0.25, -0.2) is 0 Å². The van der Waals surface area contributed by atoms with Crippen molar-refractivity contribution in [2.75, 3.05) is 5.32 Å². The number of aryl methyl sites for hydroxylation is 3. The first-order valence-electron chi connectivity index (χ1n) is 8.32. The van der Waals surface area contributed by atoms with E-state index in [9.17, 15) is 9.59 Å². The molecule has 0 radical (unpaired) electrons. The van der Waals surface area contributed by atoms with Crippen molar-refractivity contribution < 1.29 is 4.79 Å². The molecule has 0 saturated carbocycles. The minimum Gasteiger partial charge on any atom is -0.322 e. The second-order valence-electron chi connectivity index (χ2n) is 6.72. The average molecular weight is 354 g/mol. The second-order valence-corrected chi connectivity index (χ2v) is 7.71. The molecule has 0 saturated heterocycles. The van der Waals surface area contributed by atoms with Gasteiger partial charge in [-0.15, -0.1) is 0 Å². The summed E-state index contributed by atoms with van der Waals surface area (Å²) >= 11 is 1.21. The summed E-state index contributed by atoms with van der Waals surface area (Å²) in [6.45, 7) is 9.97. The number of carbonyl (C=O) groups excluding carboxylic acids is 1. The van der Waals surface area contributed by atoms with Crippen LogP contribution >= 0.6 is 11.3 Å². The van der Waals surface area contributed by atoms with Crippen molar-refractivity contribution in [1.82, 2.24) is 4.57 Å². The summed E-state index contributed by atoms with van der Waals surface area (Å²) in [7, 11) is 0. The van der Waals surface area contributed by atoms with E-state index >= 15 is 0 Å². The van der Waals surface area contributed by atoms with Gasteiger partial charge in [-0.3, -0.25) is 14.2 Å². The quantitative estimate of drug-likeness (QED) is 0.733. The van der Waals surface area contributed by atoms with Gasteiger partial charge in [-0.1, -0.05) is 17.4 Å². The first-order valence-corrected chi connectivity index (χ1v) is 9.14. The number of carbonyl (C=O) groups is 1. The summed E-state index contributed by atoms with van der Waals surface area (Å²) in [6, 6.07) is 9.68. The van der Waals surface area contributed by atoms with Crippen LogP contribution in [0.1, 0.15) is 46.9 Å². The number of anilines is 1. The van der Waals surface area contributed by atoms with Gasteiger partial charge in [0, 0.05) is 17.3 Å². The molecule has 3 aromatic rings. The predicted molar refractivity (Wildman–Crippen MR) is 105 cm³/mol. The SMILES string of the molecule is Cc1cc(C)c(C(=O)Nc2ccc3c(c2)sc(=O)n3C(C)C)cc1C. The molecule has 0 aliphatic rings. The number of thiazole rings is 1. The van der Waals surface area contributed by atoms with Crippen LogP contribution in [-0.2, 0) is 0 Å². The number of hydrogen-bond donors (Lipinski definition) is 1. The Morgan fingerprint density at radius 3 is 2.40 bits per heavy atom. The zero-order chi connectivity index (χ0) is 18.3. The van der Waals surface area contributed by atoms with E-state index in [0.717, 1.165) is 21.3 Å². The minimum absolute atomic E-state index is 0.0264. The fourth-order valence-electron chi connectivity index (χ4n) is 3.01. The van der Waals surface area contributed by atoms with Crippen LogP contribution in [0, 0.1) is 20.8 Å². The van der Waals surface area contributed by atoms with Crippen molar-refractivity contribution in [1.29, 1.82) is 0 Å². The van der Waals surface area contributed by atoms with E-state index in [-0.39, 0.29) is 16.8 Å². The number of nitrogens with zero attached hydrogens (tertiary/aromatic N) is 1. The summed E-state index contributed by atoms with van der Waals surface area (Å²) in [5.74, 6) is -0.129. The Bertz CT molecular complexity index is 1030. The van der Waals surface area contributed by atoms with Crippen molar-refractivity contribution in [3.05, 3.63) is 62.3 Å². The zero-order valence-corrected chi connectivity index (χ0v) is 16.0. The lowest BCUT2D eigenvalue weighted by Crippen LogP contribution is -2.15. The number of amides is 1. The first-order chi connectivity index (χ1) is 11.8. The first kappa shape index (κ1) is 17.4. The molecule has 0 atom stereocenters. The van der Waals surface area contributed by atoms with E-state index in [4.69, 9.17) is 0 Å². The summed E-state index contributed by atoms with van der Waals surface area (Å²) in [5, 5.41) is 2.95. The molecule has 4 nitrogen and oxygen atoms in total. The fourth-order valence-corrected chi connectivity index (χ4v) is 4.06. The Morgan fingerprint density at radius 2 is 1.72 bits per heavy atom. The molecule has 0 aliphatic heterocycles. The molecule has 130 valence electrons. The molecule has 0 fully saturated rings. The number of fused-ring (bicyclic) bond motifs is 1. The van der Waals surface area contributed by atoms with Crippen LogP contribution < -0.4 is 10.2 Å². The largest absolute Gasteiger partial charge is 0.322 e. The Hall–Kier alpha value is -2.40. The molecule has 1 aromatic heterocycles. The van der Waals surface area contributed by atoms with Crippen molar-refractivity contribution >= 4 is 33.1 Å². The highest BCUT2D eigenvalue weighted by atomic mass is 32.1. The van der Waals surface area contributed by atoms with E-state index in [1.807, 2.05) is 65.0 Å². The van der Waals surface area contributed by atoms with Crippen molar-refractivity contribution in [3.8, 4) is 0 Å². The van der Waals surface area contributed by atoms with Gasteiger partial charge in [-0.2, -0.15) is 0 Å². The maximum Gasteiger partial charge on any atom is 0.308 e. The van der Waals surface area contributed by atoms with Gasteiger partial charge in [-0.05, 0) is 75.6 Å². The molecular weight excluding hydrogens is 332 g/mol. The van der Waals surface area contributed by atoms with Crippen molar-refractivity contribution in [3.63, 3.8) is 0 Å². The fraction of sp³-hybridized carbons (Fsp3) is 0.300. The molecule has 0 unspecified atom stereocenters. The Balaban J connectivity index is 1.94. The maximum atomic E-state index is 12.6. The standard InChI is InChI=1S/C20H22N2O2S/c1-11(2)22-17-7-6-15(10-18(17)25-20(22)24)21-19(23)16-9-13(4)12(3)8-14(16)5/h6-11H,1-5H3,(H,21,23). The molecule has 0 bridgehead atoms. The Kier molecular flexibility index (Phi) is 4.52. The number of hydrogen-bond acceptors (Lipinski definition) is 3. The highest BCUT2D eigenvalue weighted by Crippen LogP contribution is 2.25. The van der Waals surface area contributed by atoms with E-state index in [1.54, 1.807) is 4.57 Å². The van der Waals surface area contributed by atoms with Gasteiger partial charge in [0.2, 0.25) is 0 Å². The molecule has 0 aliphatic carbocycles. The maximum absolute atomic E-state index is 12.6. The van der Waals surface area contributed by atoms with Gasteiger partial charge >= 0.3 is 4.87 Å². The van der Waals surface area contributed by atoms with E-state index in [2.05, 4.69) is 5.32 Å². The molecule has 3 rings (SSSR count). The molecule has 25 heavy (non-hydrogen) atoms. The topological polar surface area (TPSA) is 51.1 Å². The normalized spacial score (nSPS) is 11.3. The Labute approximate surface area is 151 Å². The van der Waals surface area contributed by atoms with Crippen LogP contribution in [0.5, 0.6) is 0 Å². The third-order valence-corrected chi connectivity index (χ3v) is 5.39. The van der Waals surface area contributed by atoms with Gasteiger partial charge in [0.05, 0.1) is 10.2 Å². The van der Waals surface area contributed by atoms with Crippen LogP contribution in [0.2, 0.25) is 0 Å². The minimum atomic E-state index is -0.129. The highest BCUT2D eigenvalue weighted by Gasteiger charge is 2.14. The predicted octanol–water partition coefficient (Wildman–Crippen LogP) is 4.82. The average Bonchev–Trinajstić information content (AvgIpc) is 2.85. The lowest BCUT2D eigenvalue weighted by molar-refractivity contribution is 0.102. The number of rotatable bonds is 3. The number of aromatic nitrogens is 1. The van der Waals surface area contributed by atoms with E-state index < -0.39 is 0 Å². The van der Waals surface area contributed by atoms with Crippen molar-refractivity contribution in [2.24, 2.45) is 0 Å². The highest BCUT2D eigenvalue weighted by molar-refractivity contribution is 7.16. The van der Waals surface area contributed by atoms with Crippen LogP contribution in [-0.4, -0.2) is 10.5 Å². The van der Waals surface area contributed by atoms with E-state index in [1.165, 1.54) is 16.9 Å². The third kappa shape index (κ3) is 3.24. The van der Waals surface area contributed by atoms with Crippen LogP contribution in [0.25, 0.3) is 10.2 Å². The lowest BCUT2D eigenvalue weighted by Gasteiger charge is -2.11. The molecule has 1 heterocycles. The molecule has 5 heteroatoms. The van der Waals surface area contributed by atoms with Gasteiger partial charge in [0.15, 0.2) is 0 Å². The molecule has 2 aromatic carbocycles. The van der Waals surface area contributed by atoms with Crippen LogP contribution in [0.3, 0.4) is 0 Å². The number of nitrogens with one attached hydrogen (secondary N) is 1. The van der Waals surface area contributed by atoms with Gasteiger partial charge in [0.1, 0.15) is 0 Å². The summed E-state index contributed by atoms with van der Waals surface area (Å²) in [4.78, 5) is 24.8. The van der Waals surface area contributed by atoms with Crippen molar-refractivity contribution in [2.45, 2.75) is 40.7 Å². The van der Waals surface area contributed by atoms with Crippen LogP contribution in [0.15, 0.2) is 35.1 Å². The molecular formula is C20H22N2O2S. The summed E-state index contributed by atoms with van der Waals surface area (Å²) < 4.78 is 2.66. The number of benzene rings is 2. The molecule has 1 N–H and O–H groups in total. The summed E-state index contributed by atoms with van der Waals surface area (Å²) in [6.07, 6.45) is 0. The monoisotopic (exact) mass is 354 g/mol. The van der Waals surface area contributed by atoms with Crippen LogP contribution in [0.4, 0.5) is 5.69 Å². The Morgan fingerprint density at radius 1 is 1.04 bits per heavy atom.